The van der Waals surface area contributed by atoms with E-state index in [0.29, 0.717) is 18.8 Å². The summed E-state index contributed by atoms with van der Waals surface area (Å²) in [6, 6.07) is 3.79. The van der Waals surface area contributed by atoms with Crippen LogP contribution in [0.3, 0.4) is 0 Å². The number of ether oxygens (including phenoxy) is 1. The third kappa shape index (κ3) is 4.14. The number of halogens is 3. The molecule has 1 aromatic rings. The maximum Gasteiger partial charge on any atom is 0.418 e. The van der Waals surface area contributed by atoms with Crippen LogP contribution in [0, 0.1) is 0 Å². The lowest BCUT2D eigenvalue weighted by molar-refractivity contribution is -0.136. The highest BCUT2D eigenvalue weighted by Gasteiger charge is 2.33. The van der Waals surface area contributed by atoms with Gasteiger partial charge in [0.25, 0.3) is 0 Å². The second kappa shape index (κ2) is 5.77. The van der Waals surface area contributed by atoms with Crippen LogP contribution < -0.4 is 11.1 Å². The van der Waals surface area contributed by atoms with Crippen molar-refractivity contribution < 1.29 is 17.9 Å². The first-order valence-corrected chi connectivity index (χ1v) is 5.14. The fourth-order valence-corrected chi connectivity index (χ4v) is 1.36. The molecule has 6 heteroatoms. The van der Waals surface area contributed by atoms with Crippen molar-refractivity contribution >= 4 is 11.4 Å². The molecule has 3 N–H and O–H groups in total. The predicted octanol–water partition coefficient (Wildman–Crippen LogP) is 2.74. The Bertz CT molecular complexity index is 366. The minimum Gasteiger partial charge on any atom is -0.398 e. The maximum absolute atomic E-state index is 12.5. The number of anilines is 2. The Labute approximate surface area is 97.8 Å². The van der Waals surface area contributed by atoms with Crippen LogP contribution in [-0.2, 0) is 10.9 Å². The summed E-state index contributed by atoms with van der Waals surface area (Å²) in [7, 11) is 1.57. The van der Waals surface area contributed by atoms with Crippen molar-refractivity contribution in [2.75, 3.05) is 31.3 Å². The van der Waals surface area contributed by atoms with Crippen LogP contribution in [0.4, 0.5) is 24.5 Å². The molecule has 0 unspecified atom stereocenters. The van der Waals surface area contributed by atoms with Crippen molar-refractivity contribution in [1.29, 1.82) is 0 Å². The lowest BCUT2D eigenvalue weighted by Gasteiger charge is -2.12. The summed E-state index contributed by atoms with van der Waals surface area (Å²) in [5, 5.41) is 2.88. The van der Waals surface area contributed by atoms with Gasteiger partial charge in [0.15, 0.2) is 0 Å². The molecular formula is C11H15F3N2O. The molecule has 0 saturated carbocycles. The molecule has 1 rings (SSSR count). The second-order valence-electron chi connectivity index (χ2n) is 3.57. The molecule has 0 heterocycles. The van der Waals surface area contributed by atoms with Gasteiger partial charge in [0.05, 0.1) is 5.56 Å². The second-order valence-corrected chi connectivity index (χ2v) is 3.57. The average Bonchev–Trinajstić information content (AvgIpc) is 2.25. The zero-order valence-corrected chi connectivity index (χ0v) is 9.47. The number of hydrogen-bond acceptors (Lipinski definition) is 3. The first-order chi connectivity index (χ1) is 7.95. The van der Waals surface area contributed by atoms with Crippen LogP contribution in [-0.4, -0.2) is 20.3 Å². The van der Waals surface area contributed by atoms with Gasteiger partial charge in [-0.15, -0.1) is 0 Å². The van der Waals surface area contributed by atoms with E-state index in [9.17, 15) is 13.2 Å². The van der Waals surface area contributed by atoms with Crippen LogP contribution >= 0.6 is 0 Å². The van der Waals surface area contributed by atoms with Gasteiger partial charge in [-0.3, -0.25) is 0 Å². The number of benzene rings is 1. The normalized spacial score (nSPS) is 11.5. The van der Waals surface area contributed by atoms with E-state index in [1.165, 1.54) is 12.1 Å². The average molecular weight is 248 g/mol. The van der Waals surface area contributed by atoms with Crippen molar-refractivity contribution in [2.24, 2.45) is 0 Å². The molecule has 0 aromatic heterocycles. The minimum absolute atomic E-state index is 0.264. The van der Waals surface area contributed by atoms with Gasteiger partial charge < -0.3 is 15.8 Å². The van der Waals surface area contributed by atoms with Crippen LogP contribution in [0.25, 0.3) is 0 Å². The third-order valence-electron chi connectivity index (χ3n) is 2.21. The molecule has 0 aliphatic heterocycles. The highest BCUT2D eigenvalue weighted by atomic mass is 19.4. The molecule has 0 spiro atoms. The Kier molecular flexibility index (Phi) is 4.62. The molecule has 0 aliphatic carbocycles. The highest BCUT2D eigenvalue weighted by molar-refractivity contribution is 5.58. The van der Waals surface area contributed by atoms with Crippen LogP contribution in [0.1, 0.15) is 12.0 Å². The SMILES string of the molecule is COCCCNc1ccc(N)c(C(F)(F)F)c1. The van der Waals surface area contributed by atoms with Gasteiger partial charge in [-0.1, -0.05) is 0 Å². The predicted molar refractivity (Wildman–Crippen MR) is 60.8 cm³/mol. The molecule has 0 fully saturated rings. The fourth-order valence-electron chi connectivity index (χ4n) is 1.36. The summed E-state index contributed by atoms with van der Waals surface area (Å²) in [6.45, 7) is 1.11. The number of rotatable bonds is 5. The molecule has 1 aromatic carbocycles. The largest absolute Gasteiger partial charge is 0.418 e. The van der Waals surface area contributed by atoms with E-state index in [1.807, 2.05) is 0 Å². The van der Waals surface area contributed by atoms with Gasteiger partial charge in [-0.25, -0.2) is 0 Å². The number of nitrogens with two attached hydrogens (primary N) is 1. The highest BCUT2D eigenvalue weighted by Crippen LogP contribution is 2.35. The van der Waals surface area contributed by atoms with E-state index in [0.717, 1.165) is 12.5 Å². The zero-order chi connectivity index (χ0) is 12.9. The van der Waals surface area contributed by atoms with Crippen LogP contribution in [0.5, 0.6) is 0 Å². The standard InChI is InChI=1S/C11H15F3N2O/c1-17-6-2-5-16-8-3-4-10(15)9(7-8)11(12,13)14/h3-4,7,16H,2,5-6,15H2,1H3. The minimum atomic E-state index is -4.42. The van der Waals surface area contributed by atoms with Gasteiger partial charge in [0, 0.05) is 31.6 Å². The number of hydrogen-bond donors (Lipinski definition) is 2. The summed E-state index contributed by atoms with van der Waals surface area (Å²) in [5.41, 5.74) is 4.61. The van der Waals surface area contributed by atoms with E-state index in [1.54, 1.807) is 7.11 Å². The lowest BCUT2D eigenvalue weighted by atomic mass is 10.1. The Hall–Kier alpha value is -1.43. The quantitative estimate of drug-likeness (QED) is 0.622. The molecule has 96 valence electrons. The van der Waals surface area contributed by atoms with E-state index in [4.69, 9.17) is 10.5 Å². The Balaban J connectivity index is 2.69. The van der Waals surface area contributed by atoms with Crippen molar-refractivity contribution in [1.82, 2.24) is 0 Å². The van der Waals surface area contributed by atoms with Crippen LogP contribution in [0.15, 0.2) is 18.2 Å². The monoisotopic (exact) mass is 248 g/mol. The van der Waals surface area contributed by atoms with E-state index in [2.05, 4.69) is 5.32 Å². The summed E-state index contributed by atoms with van der Waals surface area (Å²) in [4.78, 5) is 0. The summed E-state index contributed by atoms with van der Waals surface area (Å²) < 4.78 is 42.5. The number of alkyl halides is 3. The van der Waals surface area contributed by atoms with Gasteiger partial charge >= 0.3 is 6.18 Å². The molecule has 0 saturated heterocycles. The molecule has 0 radical (unpaired) electrons. The molecular weight excluding hydrogens is 233 g/mol. The van der Waals surface area contributed by atoms with Gasteiger partial charge in [0.2, 0.25) is 0 Å². The van der Waals surface area contributed by atoms with E-state index < -0.39 is 11.7 Å². The topological polar surface area (TPSA) is 47.3 Å². The Morgan fingerprint density at radius 1 is 1.35 bits per heavy atom. The number of nitrogens with one attached hydrogen (secondary N) is 1. The first-order valence-electron chi connectivity index (χ1n) is 5.14. The number of methoxy groups -OCH3 is 1. The van der Waals surface area contributed by atoms with Gasteiger partial charge in [-0.2, -0.15) is 13.2 Å². The summed E-state index contributed by atoms with van der Waals surface area (Å²) >= 11 is 0. The summed E-state index contributed by atoms with van der Waals surface area (Å²) in [5.74, 6) is 0. The maximum atomic E-state index is 12.5. The molecule has 0 aliphatic rings. The summed E-state index contributed by atoms with van der Waals surface area (Å²) in [6.07, 6.45) is -3.70. The fraction of sp³-hybridized carbons (Fsp3) is 0.455. The van der Waals surface area contributed by atoms with Gasteiger partial charge in [-0.05, 0) is 24.6 Å². The van der Waals surface area contributed by atoms with Crippen molar-refractivity contribution in [2.45, 2.75) is 12.6 Å². The lowest BCUT2D eigenvalue weighted by Crippen LogP contribution is -2.11. The van der Waals surface area contributed by atoms with Crippen LogP contribution in [0.2, 0.25) is 0 Å². The molecule has 17 heavy (non-hydrogen) atoms. The third-order valence-corrected chi connectivity index (χ3v) is 2.21. The molecule has 0 bridgehead atoms. The first kappa shape index (κ1) is 13.6. The molecule has 3 nitrogen and oxygen atoms in total. The van der Waals surface area contributed by atoms with E-state index in [-0.39, 0.29) is 5.69 Å². The molecule has 0 atom stereocenters. The van der Waals surface area contributed by atoms with Gasteiger partial charge in [0.1, 0.15) is 0 Å². The van der Waals surface area contributed by atoms with E-state index >= 15 is 0 Å². The Morgan fingerprint density at radius 3 is 2.65 bits per heavy atom. The van der Waals surface area contributed by atoms with Crippen molar-refractivity contribution in [3.05, 3.63) is 23.8 Å². The smallest absolute Gasteiger partial charge is 0.398 e. The number of nitrogen functional groups attached to an aromatic ring is 1. The molecule has 0 amide bonds. The van der Waals surface area contributed by atoms with Crippen molar-refractivity contribution in [3.8, 4) is 0 Å². The zero-order valence-electron chi connectivity index (χ0n) is 9.47. The van der Waals surface area contributed by atoms with Crippen molar-refractivity contribution in [3.63, 3.8) is 0 Å². The Morgan fingerprint density at radius 2 is 2.06 bits per heavy atom.